The minimum Gasteiger partial charge on any atom is -0.316 e. The van der Waals surface area contributed by atoms with Gasteiger partial charge in [-0.05, 0) is 48.2 Å². The number of benzene rings is 2. The topological polar surface area (TPSA) is 12.0 Å². The van der Waals surface area contributed by atoms with Crippen LogP contribution in [0.5, 0.6) is 0 Å². The van der Waals surface area contributed by atoms with Gasteiger partial charge in [0.05, 0.1) is 0 Å². The molecule has 2 aromatic carbocycles. The molecule has 0 aliphatic heterocycles. The fraction of sp³-hybridized carbons (Fsp3) is 0.333. The molecular formula is C18H22FN. The Bertz CT molecular complexity index is 590. The van der Waals surface area contributed by atoms with E-state index in [0.29, 0.717) is 12.1 Å². The molecule has 20 heavy (non-hydrogen) atoms. The van der Waals surface area contributed by atoms with Crippen molar-refractivity contribution in [3.05, 3.63) is 58.9 Å². The van der Waals surface area contributed by atoms with Gasteiger partial charge in [0, 0.05) is 12.1 Å². The van der Waals surface area contributed by atoms with Crippen LogP contribution in [0.1, 0.15) is 30.5 Å². The zero-order valence-corrected chi connectivity index (χ0v) is 12.5. The number of hydrogen-bond donors (Lipinski definition) is 1. The Labute approximate surface area is 120 Å². The molecule has 0 amide bonds. The van der Waals surface area contributed by atoms with Crippen LogP contribution in [-0.4, -0.2) is 7.05 Å². The Kier molecular flexibility index (Phi) is 4.91. The summed E-state index contributed by atoms with van der Waals surface area (Å²) in [4.78, 5) is 0. The molecule has 0 saturated carbocycles. The smallest absolute Gasteiger partial charge is 0.131 e. The van der Waals surface area contributed by atoms with Crippen molar-refractivity contribution in [2.24, 2.45) is 0 Å². The Morgan fingerprint density at radius 2 is 1.70 bits per heavy atom. The molecule has 0 radical (unpaired) electrons. The van der Waals surface area contributed by atoms with Gasteiger partial charge >= 0.3 is 0 Å². The fourth-order valence-electron chi connectivity index (χ4n) is 2.57. The van der Waals surface area contributed by atoms with E-state index in [2.05, 4.69) is 31.3 Å². The molecule has 1 N–H and O–H groups in total. The maximum atomic E-state index is 14.2. The predicted octanol–water partition coefficient (Wildman–Crippen LogP) is 4.34. The van der Waals surface area contributed by atoms with Crippen LogP contribution < -0.4 is 5.32 Å². The van der Waals surface area contributed by atoms with E-state index >= 15 is 0 Å². The summed E-state index contributed by atoms with van der Waals surface area (Å²) >= 11 is 0. The highest BCUT2D eigenvalue weighted by Gasteiger charge is 2.08. The molecule has 0 fully saturated rings. The molecule has 106 valence electrons. The van der Waals surface area contributed by atoms with Gasteiger partial charge in [0.2, 0.25) is 0 Å². The van der Waals surface area contributed by atoms with Crippen LogP contribution in [0.3, 0.4) is 0 Å². The molecule has 2 rings (SSSR count). The molecule has 0 bridgehead atoms. The normalized spacial score (nSPS) is 10.8. The summed E-state index contributed by atoms with van der Waals surface area (Å²) in [7, 11) is 1.86. The van der Waals surface area contributed by atoms with Gasteiger partial charge in [-0.2, -0.15) is 0 Å². The minimum absolute atomic E-state index is 0.149. The largest absolute Gasteiger partial charge is 0.316 e. The van der Waals surface area contributed by atoms with E-state index in [4.69, 9.17) is 0 Å². The van der Waals surface area contributed by atoms with Crippen LogP contribution >= 0.6 is 0 Å². The van der Waals surface area contributed by atoms with Crippen molar-refractivity contribution in [2.45, 2.75) is 33.2 Å². The molecule has 1 nitrogen and oxygen atoms in total. The van der Waals surface area contributed by atoms with Crippen LogP contribution in [-0.2, 0) is 19.4 Å². The molecule has 2 heteroatoms. The highest BCUT2D eigenvalue weighted by molar-refractivity contribution is 5.66. The van der Waals surface area contributed by atoms with Crippen molar-refractivity contribution in [1.82, 2.24) is 5.32 Å². The van der Waals surface area contributed by atoms with Crippen molar-refractivity contribution in [3.8, 4) is 11.1 Å². The van der Waals surface area contributed by atoms with E-state index in [-0.39, 0.29) is 5.82 Å². The first-order chi connectivity index (χ1) is 9.69. The van der Waals surface area contributed by atoms with E-state index in [1.165, 1.54) is 11.1 Å². The molecule has 0 heterocycles. The minimum atomic E-state index is -0.149. The summed E-state index contributed by atoms with van der Waals surface area (Å²) < 4.78 is 14.2. The van der Waals surface area contributed by atoms with E-state index in [9.17, 15) is 4.39 Å². The zero-order valence-electron chi connectivity index (χ0n) is 12.5. The van der Waals surface area contributed by atoms with Gasteiger partial charge in [0.25, 0.3) is 0 Å². The third-order valence-electron chi connectivity index (χ3n) is 3.69. The van der Waals surface area contributed by atoms with Crippen molar-refractivity contribution in [1.29, 1.82) is 0 Å². The van der Waals surface area contributed by atoms with Crippen LogP contribution in [0.25, 0.3) is 11.1 Å². The first kappa shape index (κ1) is 14.7. The molecule has 0 unspecified atom stereocenters. The van der Waals surface area contributed by atoms with Crippen molar-refractivity contribution in [2.75, 3.05) is 7.05 Å². The van der Waals surface area contributed by atoms with Gasteiger partial charge in [-0.3, -0.25) is 0 Å². The second-order valence-electron chi connectivity index (χ2n) is 5.04. The van der Waals surface area contributed by atoms with Gasteiger partial charge in [-0.15, -0.1) is 0 Å². The summed E-state index contributed by atoms with van der Waals surface area (Å²) in [6.45, 7) is 4.98. The third-order valence-corrected chi connectivity index (χ3v) is 3.69. The summed E-state index contributed by atoms with van der Waals surface area (Å²) in [6.07, 6.45) is 2.00. The lowest BCUT2D eigenvalue weighted by molar-refractivity contribution is 0.627. The summed E-state index contributed by atoms with van der Waals surface area (Å²) in [5.74, 6) is -0.149. The quantitative estimate of drug-likeness (QED) is 0.853. The standard InChI is InChI=1S/C18H22FN/c1-4-14-7-8-16(11-15(14)5-2)17-9-6-13(12-20-3)10-18(17)19/h6-11,20H,4-5,12H2,1-3H3. The van der Waals surface area contributed by atoms with Gasteiger partial charge in [-0.1, -0.05) is 44.2 Å². The second-order valence-corrected chi connectivity index (χ2v) is 5.04. The number of halogens is 1. The SMILES string of the molecule is CCc1ccc(-c2ccc(CNC)cc2F)cc1CC. The monoisotopic (exact) mass is 271 g/mol. The summed E-state index contributed by atoms with van der Waals surface area (Å²) in [6, 6.07) is 11.7. The summed E-state index contributed by atoms with van der Waals surface area (Å²) in [5, 5.41) is 3.04. The first-order valence-corrected chi connectivity index (χ1v) is 7.24. The van der Waals surface area contributed by atoms with Crippen LogP contribution in [0.15, 0.2) is 36.4 Å². The van der Waals surface area contributed by atoms with Gasteiger partial charge in [0.1, 0.15) is 5.82 Å². The second kappa shape index (κ2) is 6.67. The van der Waals surface area contributed by atoms with Crippen LogP contribution in [0, 0.1) is 5.82 Å². The highest BCUT2D eigenvalue weighted by atomic mass is 19.1. The molecule has 0 atom stereocenters. The zero-order chi connectivity index (χ0) is 14.5. The molecule has 0 saturated heterocycles. The maximum Gasteiger partial charge on any atom is 0.131 e. The van der Waals surface area contributed by atoms with Crippen LogP contribution in [0.2, 0.25) is 0 Å². The number of aryl methyl sites for hydroxylation is 2. The van der Waals surface area contributed by atoms with Crippen molar-refractivity contribution < 1.29 is 4.39 Å². The van der Waals surface area contributed by atoms with E-state index in [0.717, 1.165) is 24.0 Å². The van der Waals surface area contributed by atoms with Crippen LogP contribution in [0.4, 0.5) is 4.39 Å². The Morgan fingerprint density at radius 3 is 2.30 bits per heavy atom. The highest BCUT2D eigenvalue weighted by Crippen LogP contribution is 2.26. The van der Waals surface area contributed by atoms with E-state index in [1.54, 1.807) is 6.07 Å². The lowest BCUT2D eigenvalue weighted by Crippen LogP contribution is -2.05. The molecule has 0 spiro atoms. The lowest BCUT2D eigenvalue weighted by atomic mass is 9.96. The Morgan fingerprint density at radius 1 is 0.950 bits per heavy atom. The lowest BCUT2D eigenvalue weighted by Gasteiger charge is -2.11. The van der Waals surface area contributed by atoms with Gasteiger partial charge < -0.3 is 5.32 Å². The maximum absolute atomic E-state index is 14.2. The average Bonchev–Trinajstić information content (AvgIpc) is 2.47. The van der Waals surface area contributed by atoms with Gasteiger partial charge in [0.15, 0.2) is 0 Å². The molecule has 0 aliphatic carbocycles. The van der Waals surface area contributed by atoms with Crippen molar-refractivity contribution in [3.63, 3.8) is 0 Å². The van der Waals surface area contributed by atoms with Crippen molar-refractivity contribution >= 4 is 0 Å². The van der Waals surface area contributed by atoms with E-state index in [1.807, 2.05) is 25.2 Å². The number of rotatable bonds is 5. The average molecular weight is 271 g/mol. The molecule has 0 aliphatic rings. The summed E-state index contributed by atoms with van der Waals surface area (Å²) in [5.41, 5.74) is 5.27. The Balaban J connectivity index is 2.41. The van der Waals surface area contributed by atoms with E-state index < -0.39 is 0 Å². The predicted molar refractivity (Wildman–Crippen MR) is 83.4 cm³/mol. The third kappa shape index (κ3) is 3.07. The molecule has 2 aromatic rings. The molecule has 0 aromatic heterocycles. The Hall–Kier alpha value is -1.67. The van der Waals surface area contributed by atoms with Gasteiger partial charge in [-0.25, -0.2) is 4.39 Å². The fourth-order valence-corrected chi connectivity index (χ4v) is 2.57. The number of nitrogens with one attached hydrogen (secondary N) is 1. The molecular weight excluding hydrogens is 249 g/mol. The number of hydrogen-bond acceptors (Lipinski definition) is 1. The first-order valence-electron chi connectivity index (χ1n) is 7.24.